The van der Waals surface area contributed by atoms with Crippen molar-refractivity contribution in [1.82, 2.24) is 0 Å². The molecule has 122 valence electrons. The fourth-order valence-corrected chi connectivity index (χ4v) is 6.06. The zero-order valence-corrected chi connectivity index (χ0v) is 16.8. The Hall–Kier alpha value is 0.920. The lowest BCUT2D eigenvalue weighted by Crippen LogP contribution is -2.09. The minimum Gasteiger partial charge on any atom is -0.322 e. The van der Waals surface area contributed by atoms with Crippen molar-refractivity contribution < 1.29 is 9.05 Å². The fraction of sp³-hybridized carbons (Fsp3) is 1.00. The normalized spacial score (nSPS) is 13.4. The van der Waals surface area contributed by atoms with Crippen LogP contribution in [0.15, 0.2) is 0 Å². The maximum Gasteiger partial charge on any atom is 0.247 e. The third kappa shape index (κ3) is 12.6. The molecule has 0 saturated heterocycles. The Bertz CT molecular complexity index is 281. The van der Waals surface area contributed by atoms with Gasteiger partial charge in [-0.05, 0) is 41.9 Å². The van der Waals surface area contributed by atoms with Crippen molar-refractivity contribution in [2.75, 3.05) is 19.0 Å². The summed E-state index contributed by atoms with van der Waals surface area (Å²) < 4.78 is 12.0. The van der Waals surface area contributed by atoms with Crippen LogP contribution in [0.5, 0.6) is 0 Å². The van der Waals surface area contributed by atoms with Gasteiger partial charge in [0.05, 0.1) is 13.2 Å². The van der Waals surface area contributed by atoms with E-state index in [1.54, 1.807) is 11.4 Å². The van der Waals surface area contributed by atoms with Gasteiger partial charge in [-0.15, -0.1) is 0 Å². The average Bonchev–Trinajstić information content (AvgIpc) is 2.24. The Morgan fingerprint density at radius 1 is 0.950 bits per heavy atom. The molecule has 0 atom stereocenters. The first-order valence-electron chi connectivity index (χ1n) is 7.58. The second kappa shape index (κ2) is 9.84. The van der Waals surface area contributed by atoms with Crippen LogP contribution in [-0.4, -0.2) is 19.0 Å². The summed E-state index contributed by atoms with van der Waals surface area (Å²) in [6.45, 7) is 16.9. The summed E-state index contributed by atoms with van der Waals surface area (Å²) in [5.41, 5.74) is -1.93. The van der Waals surface area contributed by atoms with E-state index in [-0.39, 0.29) is 5.41 Å². The largest absolute Gasteiger partial charge is 0.322 e. The van der Waals surface area contributed by atoms with E-state index in [0.717, 1.165) is 18.6 Å². The predicted molar refractivity (Wildman–Crippen MR) is 97.0 cm³/mol. The Balaban J connectivity index is 4.38. The van der Waals surface area contributed by atoms with Crippen molar-refractivity contribution in [3.8, 4) is 0 Å². The lowest BCUT2D eigenvalue weighted by molar-refractivity contribution is 0.237. The van der Waals surface area contributed by atoms with Gasteiger partial charge in [-0.2, -0.15) is 0 Å². The minimum atomic E-state index is -2.18. The Labute approximate surface area is 135 Å². The first-order chi connectivity index (χ1) is 9.04. The molecule has 0 unspecified atom stereocenters. The first-order valence-corrected chi connectivity index (χ1v) is 11.8. The molecule has 0 aliphatic carbocycles. The first kappa shape index (κ1) is 20.9. The minimum absolute atomic E-state index is 0.248. The average molecular weight is 341 g/mol. The lowest BCUT2D eigenvalue weighted by atomic mass is 10.0. The van der Waals surface area contributed by atoms with Gasteiger partial charge >= 0.3 is 0 Å². The smallest absolute Gasteiger partial charge is 0.247 e. The number of hydrogen-bond donors (Lipinski definition) is 0. The van der Waals surface area contributed by atoms with Gasteiger partial charge < -0.3 is 9.05 Å². The highest BCUT2D eigenvalue weighted by Crippen LogP contribution is 2.62. The third-order valence-corrected chi connectivity index (χ3v) is 8.40. The fourth-order valence-electron chi connectivity index (χ4n) is 1.18. The molecule has 0 aliphatic heterocycles. The Morgan fingerprint density at radius 2 is 1.35 bits per heavy atom. The van der Waals surface area contributed by atoms with Gasteiger partial charge in [0.2, 0.25) is 5.69 Å². The molecule has 0 radical (unpaired) electrons. The van der Waals surface area contributed by atoms with Crippen LogP contribution in [0, 0.1) is 17.3 Å². The lowest BCUT2D eigenvalue weighted by Gasteiger charge is -2.26. The van der Waals surface area contributed by atoms with Crippen LogP contribution in [0.25, 0.3) is 0 Å². The quantitative estimate of drug-likeness (QED) is 0.446. The summed E-state index contributed by atoms with van der Waals surface area (Å²) in [5, 5.41) is 0. The maximum absolute atomic E-state index is 5.98. The molecule has 0 spiro atoms. The molecular weight excluding hydrogens is 307 g/mol. The van der Waals surface area contributed by atoms with Crippen molar-refractivity contribution in [1.29, 1.82) is 0 Å². The van der Waals surface area contributed by atoms with E-state index in [1.165, 1.54) is 0 Å². The van der Waals surface area contributed by atoms with Crippen LogP contribution in [-0.2, 0) is 20.9 Å². The van der Waals surface area contributed by atoms with Gasteiger partial charge in [0.15, 0.2) is 0 Å². The highest BCUT2D eigenvalue weighted by Gasteiger charge is 2.24. The van der Waals surface area contributed by atoms with Gasteiger partial charge in [0, 0.05) is 5.75 Å². The van der Waals surface area contributed by atoms with Gasteiger partial charge in [0.25, 0.3) is 0 Å². The molecule has 2 nitrogen and oxygen atoms in total. The molecule has 0 rings (SSSR count). The van der Waals surface area contributed by atoms with Crippen molar-refractivity contribution >= 4 is 28.9 Å². The summed E-state index contributed by atoms with van der Waals surface area (Å²) in [6.07, 6.45) is 2.09. The SMILES string of the molecule is CC(C)CCOP(=S)(OCCC(C)C)SCC(C)(C)C. The van der Waals surface area contributed by atoms with Crippen molar-refractivity contribution in [3.63, 3.8) is 0 Å². The molecule has 0 aromatic rings. The Kier molecular flexibility index (Phi) is 10.3. The van der Waals surface area contributed by atoms with Crippen LogP contribution in [0.1, 0.15) is 61.3 Å². The van der Waals surface area contributed by atoms with Crippen LogP contribution >= 0.6 is 17.1 Å². The van der Waals surface area contributed by atoms with Gasteiger partial charge in [0.1, 0.15) is 0 Å². The van der Waals surface area contributed by atoms with E-state index in [0.29, 0.717) is 25.0 Å². The molecule has 0 N–H and O–H groups in total. The second-order valence-electron chi connectivity index (χ2n) is 7.31. The highest BCUT2D eigenvalue weighted by atomic mass is 32.9. The predicted octanol–water partition coefficient (Wildman–Crippen LogP) is 6.12. The molecule has 0 aliphatic rings. The molecule has 0 aromatic carbocycles. The molecule has 0 amide bonds. The summed E-state index contributed by atoms with van der Waals surface area (Å²) >= 11 is 7.42. The molecule has 0 aromatic heterocycles. The van der Waals surface area contributed by atoms with Crippen LogP contribution in [0.2, 0.25) is 0 Å². The van der Waals surface area contributed by atoms with E-state index >= 15 is 0 Å². The maximum atomic E-state index is 5.98. The van der Waals surface area contributed by atoms with Crippen LogP contribution in [0.3, 0.4) is 0 Å². The van der Waals surface area contributed by atoms with E-state index in [9.17, 15) is 0 Å². The second-order valence-corrected chi connectivity index (χ2v) is 13.6. The molecule has 0 fully saturated rings. The molecule has 0 heterocycles. The van der Waals surface area contributed by atoms with Gasteiger partial charge in [-0.3, -0.25) is 0 Å². The van der Waals surface area contributed by atoms with E-state index in [1.807, 2.05) is 0 Å². The summed E-state index contributed by atoms with van der Waals surface area (Å²) in [7, 11) is 0. The Morgan fingerprint density at radius 3 is 1.65 bits per heavy atom. The number of hydrogen-bond acceptors (Lipinski definition) is 4. The van der Waals surface area contributed by atoms with Crippen molar-refractivity contribution in [3.05, 3.63) is 0 Å². The topological polar surface area (TPSA) is 18.5 Å². The highest BCUT2D eigenvalue weighted by molar-refractivity contribution is 8.67. The van der Waals surface area contributed by atoms with Crippen LogP contribution in [0.4, 0.5) is 0 Å². The van der Waals surface area contributed by atoms with Gasteiger partial charge in [-0.25, -0.2) is 0 Å². The van der Waals surface area contributed by atoms with Gasteiger partial charge in [-0.1, -0.05) is 59.8 Å². The zero-order valence-electron chi connectivity index (χ0n) is 14.3. The standard InChI is InChI=1S/C15H33O2PS2/c1-13(2)8-10-16-18(19,17-11-9-14(3)4)20-12-15(5,6)7/h13-14H,8-12H2,1-7H3. The molecule has 20 heavy (non-hydrogen) atoms. The third-order valence-electron chi connectivity index (χ3n) is 2.54. The van der Waals surface area contributed by atoms with E-state index in [4.69, 9.17) is 20.9 Å². The monoisotopic (exact) mass is 340 g/mol. The summed E-state index contributed by atoms with van der Waals surface area (Å²) in [6, 6.07) is 0. The van der Waals surface area contributed by atoms with Crippen molar-refractivity contribution in [2.24, 2.45) is 17.3 Å². The summed E-state index contributed by atoms with van der Waals surface area (Å²) in [4.78, 5) is 0. The number of rotatable bonds is 10. The van der Waals surface area contributed by atoms with Crippen LogP contribution < -0.4 is 0 Å². The van der Waals surface area contributed by atoms with E-state index < -0.39 is 5.69 Å². The van der Waals surface area contributed by atoms with Crippen molar-refractivity contribution in [2.45, 2.75) is 61.3 Å². The zero-order chi connectivity index (χ0) is 15.8. The molecule has 5 heteroatoms. The molecule has 0 saturated carbocycles. The molecule has 0 bridgehead atoms. The van der Waals surface area contributed by atoms with E-state index in [2.05, 4.69) is 48.5 Å². The molecular formula is C15H33O2PS2. The summed E-state index contributed by atoms with van der Waals surface area (Å²) in [5.74, 6) is 2.26.